The molecule has 0 heterocycles. The highest BCUT2D eigenvalue weighted by molar-refractivity contribution is 5.88. The second-order valence-electron chi connectivity index (χ2n) is 2.67. The van der Waals surface area contributed by atoms with Crippen LogP contribution in [0.2, 0.25) is 0 Å². The van der Waals surface area contributed by atoms with Crippen LogP contribution in [-0.2, 0) is 9.59 Å². The fraction of sp³-hybridized carbons (Fsp3) is 0.333. The van der Waals surface area contributed by atoms with Crippen LogP contribution < -0.4 is 5.73 Å². The lowest BCUT2D eigenvalue weighted by Crippen LogP contribution is -2.31. The van der Waals surface area contributed by atoms with Gasteiger partial charge in [0.1, 0.15) is 6.04 Å². The van der Waals surface area contributed by atoms with Crippen molar-refractivity contribution in [1.82, 2.24) is 0 Å². The van der Waals surface area contributed by atoms with Crippen molar-refractivity contribution in [3.63, 3.8) is 0 Å². The Morgan fingerprint density at radius 3 is 2.36 bits per heavy atom. The third-order valence-corrected chi connectivity index (χ3v) is 1.52. The summed E-state index contributed by atoms with van der Waals surface area (Å²) in [6, 6.07) is -1.18. The molecule has 0 amide bonds. The standard InChI is InChI=1S/C9H13NO4/c1-2-3-4-6(8(11)12)5-7(10)9(13)14/h2-4,7H,5,10H2,1H3,(H,11,12)(H,13,14)/b3-2+,6-4+/t7-/m0/s1. The smallest absolute Gasteiger partial charge is 0.331 e. The molecule has 5 nitrogen and oxygen atoms in total. The summed E-state index contributed by atoms with van der Waals surface area (Å²) in [7, 11) is 0. The first-order valence-corrected chi connectivity index (χ1v) is 4.02. The van der Waals surface area contributed by atoms with Gasteiger partial charge in [0.25, 0.3) is 0 Å². The van der Waals surface area contributed by atoms with Crippen molar-refractivity contribution in [1.29, 1.82) is 0 Å². The van der Waals surface area contributed by atoms with Gasteiger partial charge in [-0.25, -0.2) is 4.79 Å². The highest BCUT2D eigenvalue weighted by atomic mass is 16.4. The van der Waals surface area contributed by atoms with E-state index in [-0.39, 0.29) is 12.0 Å². The predicted octanol–water partition coefficient (Wildman–Crippen LogP) is 0.375. The molecule has 78 valence electrons. The normalized spacial score (nSPS) is 14.3. The van der Waals surface area contributed by atoms with Crippen LogP contribution in [0.3, 0.4) is 0 Å². The zero-order valence-electron chi connectivity index (χ0n) is 7.80. The summed E-state index contributed by atoms with van der Waals surface area (Å²) in [6.45, 7) is 1.73. The summed E-state index contributed by atoms with van der Waals surface area (Å²) < 4.78 is 0. The largest absolute Gasteiger partial charge is 0.480 e. The number of hydrogen-bond donors (Lipinski definition) is 3. The Bertz CT molecular complexity index is 281. The number of nitrogens with two attached hydrogens (primary N) is 1. The summed E-state index contributed by atoms with van der Waals surface area (Å²) in [5.74, 6) is -2.36. The SMILES string of the molecule is C/C=C/C=C(\C[C@H](N)C(=O)O)C(=O)O. The Morgan fingerprint density at radius 1 is 1.43 bits per heavy atom. The van der Waals surface area contributed by atoms with Crippen LogP contribution in [0.4, 0.5) is 0 Å². The number of carboxylic acid groups (broad SMARTS) is 2. The molecule has 5 heteroatoms. The predicted molar refractivity (Wildman–Crippen MR) is 50.8 cm³/mol. The molecule has 4 N–H and O–H groups in total. The quantitative estimate of drug-likeness (QED) is 0.439. The number of carboxylic acids is 2. The van der Waals surface area contributed by atoms with Gasteiger partial charge in [0, 0.05) is 12.0 Å². The molecule has 1 atom stereocenters. The van der Waals surface area contributed by atoms with Crippen molar-refractivity contribution in [3.05, 3.63) is 23.8 Å². The first kappa shape index (κ1) is 12.4. The fourth-order valence-electron chi connectivity index (χ4n) is 0.763. The highest BCUT2D eigenvalue weighted by Gasteiger charge is 2.17. The number of rotatable bonds is 5. The van der Waals surface area contributed by atoms with Gasteiger partial charge in [-0.15, -0.1) is 0 Å². The lowest BCUT2D eigenvalue weighted by Gasteiger charge is -2.05. The Hall–Kier alpha value is -1.62. The molecule has 0 aromatic heterocycles. The van der Waals surface area contributed by atoms with E-state index < -0.39 is 18.0 Å². The minimum atomic E-state index is -1.21. The molecule has 0 aliphatic rings. The monoisotopic (exact) mass is 199 g/mol. The molecular formula is C9H13NO4. The molecule has 0 aliphatic carbocycles. The van der Waals surface area contributed by atoms with E-state index in [1.807, 2.05) is 0 Å². The first-order valence-electron chi connectivity index (χ1n) is 4.02. The summed E-state index contributed by atoms with van der Waals surface area (Å²) in [6.07, 6.45) is 4.33. The molecule has 0 spiro atoms. The van der Waals surface area contributed by atoms with Crippen molar-refractivity contribution in [3.8, 4) is 0 Å². The van der Waals surface area contributed by atoms with Crippen molar-refractivity contribution >= 4 is 11.9 Å². The van der Waals surface area contributed by atoms with Crippen molar-refractivity contribution in [2.45, 2.75) is 19.4 Å². The average molecular weight is 199 g/mol. The lowest BCUT2D eigenvalue weighted by atomic mass is 10.1. The topological polar surface area (TPSA) is 101 Å². The number of allylic oxidation sites excluding steroid dienone is 3. The molecule has 0 aliphatic heterocycles. The third kappa shape index (κ3) is 4.42. The van der Waals surface area contributed by atoms with Crippen molar-refractivity contribution in [2.24, 2.45) is 5.73 Å². The molecule has 0 bridgehead atoms. The highest BCUT2D eigenvalue weighted by Crippen LogP contribution is 2.05. The van der Waals surface area contributed by atoms with Crippen molar-refractivity contribution in [2.75, 3.05) is 0 Å². The molecule has 0 fully saturated rings. The Labute approximate surface area is 81.5 Å². The summed E-state index contributed by atoms with van der Waals surface area (Å²) in [4.78, 5) is 21.0. The summed E-state index contributed by atoms with van der Waals surface area (Å²) in [5.41, 5.74) is 5.18. The molecule has 0 radical (unpaired) electrons. The van der Waals surface area contributed by atoms with Crippen LogP contribution >= 0.6 is 0 Å². The van der Waals surface area contributed by atoms with E-state index >= 15 is 0 Å². The zero-order chi connectivity index (χ0) is 11.1. The summed E-state index contributed by atoms with van der Waals surface area (Å²) in [5, 5.41) is 17.2. The maximum Gasteiger partial charge on any atom is 0.331 e. The van der Waals surface area contributed by atoms with Gasteiger partial charge in [-0.2, -0.15) is 0 Å². The van der Waals surface area contributed by atoms with E-state index in [0.717, 1.165) is 0 Å². The number of carbonyl (C=O) groups is 2. The minimum Gasteiger partial charge on any atom is -0.480 e. The molecule has 0 unspecified atom stereocenters. The minimum absolute atomic E-state index is 0.0157. The van der Waals surface area contributed by atoms with Crippen LogP contribution in [0.15, 0.2) is 23.8 Å². The van der Waals surface area contributed by atoms with Gasteiger partial charge in [0.2, 0.25) is 0 Å². The molecule has 0 aromatic carbocycles. The summed E-state index contributed by atoms with van der Waals surface area (Å²) >= 11 is 0. The molecule has 0 rings (SSSR count). The van der Waals surface area contributed by atoms with Crippen LogP contribution in [0.5, 0.6) is 0 Å². The molecule has 0 aromatic rings. The van der Waals surface area contributed by atoms with Crippen LogP contribution in [-0.4, -0.2) is 28.2 Å². The van der Waals surface area contributed by atoms with Gasteiger partial charge in [-0.1, -0.05) is 18.2 Å². The Kier molecular flexibility index (Phi) is 5.24. The second-order valence-corrected chi connectivity index (χ2v) is 2.67. The van der Waals surface area contributed by atoms with E-state index in [9.17, 15) is 9.59 Å². The van der Waals surface area contributed by atoms with E-state index in [1.54, 1.807) is 13.0 Å². The molecule has 14 heavy (non-hydrogen) atoms. The number of aliphatic carboxylic acids is 2. The fourth-order valence-corrected chi connectivity index (χ4v) is 0.763. The van der Waals surface area contributed by atoms with Gasteiger partial charge in [-0.3, -0.25) is 4.79 Å². The van der Waals surface area contributed by atoms with Gasteiger partial charge in [-0.05, 0) is 6.92 Å². The van der Waals surface area contributed by atoms with Crippen LogP contribution in [0, 0.1) is 0 Å². The second kappa shape index (κ2) is 5.93. The van der Waals surface area contributed by atoms with E-state index in [0.29, 0.717) is 0 Å². The van der Waals surface area contributed by atoms with Gasteiger partial charge in [0.15, 0.2) is 0 Å². The van der Waals surface area contributed by atoms with E-state index in [4.69, 9.17) is 15.9 Å². The van der Waals surface area contributed by atoms with Crippen molar-refractivity contribution < 1.29 is 19.8 Å². The molecular weight excluding hydrogens is 186 g/mol. The van der Waals surface area contributed by atoms with E-state index in [2.05, 4.69) is 0 Å². The van der Waals surface area contributed by atoms with Gasteiger partial charge in [0.05, 0.1) is 0 Å². The molecule has 0 saturated carbocycles. The Morgan fingerprint density at radius 2 is 2.00 bits per heavy atom. The van der Waals surface area contributed by atoms with Gasteiger partial charge < -0.3 is 15.9 Å². The first-order chi connectivity index (χ1) is 6.49. The van der Waals surface area contributed by atoms with Crippen LogP contribution in [0.1, 0.15) is 13.3 Å². The Balaban J connectivity index is 4.54. The van der Waals surface area contributed by atoms with Crippen LogP contribution in [0.25, 0.3) is 0 Å². The molecule has 0 saturated heterocycles. The maximum absolute atomic E-state index is 10.6. The number of hydrogen-bond acceptors (Lipinski definition) is 3. The zero-order valence-corrected chi connectivity index (χ0v) is 7.80. The third-order valence-electron chi connectivity index (χ3n) is 1.52. The lowest BCUT2D eigenvalue weighted by molar-refractivity contribution is -0.138. The maximum atomic E-state index is 10.6. The average Bonchev–Trinajstić information content (AvgIpc) is 2.10. The van der Waals surface area contributed by atoms with E-state index in [1.165, 1.54) is 12.2 Å². The van der Waals surface area contributed by atoms with Gasteiger partial charge >= 0.3 is 11.9 Å².